The molecule has 3 N–H and O–H groups in total. The number of carbonyl (C=O) groups is 2. The van der Waals surface area contributed by atoms with Gasteiger partial charge in [-0.15, -0.1) is 12.4 Å². The number of halogens is 1. The summed E-state index contributed by atoms with van der Waals surface area (Å²) in [4.78, 5) is 24.9. The minimum absolute atomic E-state index is 0. The Bertz CT molecular complexity index is 608. The second-order valence-electron chi connectivity index (χ2n) is 7.19. The van der Waals surface area contributed by atoms with Gasteiger partial charge in [0, 0.05) is 23.9 Å². The first-order chi connectivity index (χ1) is 11.3. The summed E-state index contributed by atoms with van der Waals surface area (Å²) in [5.41, 5.74) is -0.0171. The van der Waals surface area contributed by atoms with E-state index in [9.17, 15) is 9.59 Å². The molecular formula is C18H28ClN3O3. The van der Waals surface area contributed by atoms with Crippen molar-refractivity contribution in [3.05, 3.63) is 29.8 Å². The fraction of sp³-hybridized carbons (Fsp3) is 0.556. The molecule has 0 bridgehead atoms. The molecule has 0 radical (unpaired) electrons. The smallest absolute Gasteiger partial charge is 0.256 e. The summed E-state index contributed by atoms with van der Waals surface area (Å²) in [6.07, 6.45) is 1.25. The maximum atomic E-state index is 12.7. The topological polar surface area (TPSA) is 79.5 Å². The highest BCUT2D eigenvalue weighted by Gasteiger charge is 2.39. The number of methoxy groups -OCH3 is 1. The summed E-state index contributed by atoms with van der Waals surface area (Å²) in [5.74, 6) is -0.332. The van der Waals surface area contributed by atoms with Crippen molar-refractivity contribution in [1.82, 2.24) is 10.6 Å². The predicted molar refractivity (Wildman–Crippen MR) is 101 cm³/mol. The Morgan fingerprint density at radius 3 is 2.40 bits per heavy atom. The van der Waals surface area contributed by atoms with Gasteiger partial charge in [0.05, 0.1) is 0 Å². The number of amides is 2. The average Bonchev–Trinajstić information content (AvgIpc) is 2.54. The molecule has 1 aliphatic rings. The molecule has 1 fully saturated rings. The minimum Gasteiger partial charge on any atom is -0.368 e. The number of hydrogen-bond donors (Lipinski definition) is 3. The van der Waals surface area contributed by atoms with Gasteiger partial charge >= 0.3 is 0 Å². The van der Waals surface area contributed by atoms with E-state index in [-0.39, 0.29) is 29.8 Å². The third kappa shape index (κ3) is 5.70. The highest BCUT2D eigenvalue weighted by atomic mass is 35.5. The first-order valence-electron chi connectivity index (χ1n) is 8.26. The van der Waals surface area contributed by atoms with Gasteiger partial charge in [-0.2, -0.15) is 0 Å². The third-order valence-electron chi connectivity index (χ3n) is 4.09. The number of hydrogen-bond acceptors (Lipinski definition) is 4. The highest BCUT2D eigenvalue weighted by Crippen LogP contribution is 2.25. The molecule has 1 saturated heterocycles. The monoisotopic (exact) mass is 369 g/mol. The van der Waals surface area contributed by atoms with Crippen LogP contribution in [0.4, 0.5) is 5.69 Å². The molecule has 0 aromatic heterocycles. The van der Waals surface area contributed by atoms with E-state index in [1.54, 1.807) is 31.4 Å². The third-order valence-corrected chi connectivity index (χ3v) is 4.09. The van der Waals surface area contributed by atoms with Crippen LogP contribution < -0.4 is 16.0 Å². The molecule has 2 amide bonds. The lowest BCUT2D eigenvalue weighted by atomic mass is 9.91. The standard InChI is InChI=1S/C18H27N3O3.ClH/c1-17(2,3)21-15(22)13-6-5-7-14(12-13)20-16(23)18(24-4)8-10-19-11-9-18;/h5-7,12,19H,8-11H2,1-4H3,(H,20,23)(H,21,22);1H. The number of rotatable bonds is 4. The van der Waals surface area contributed by atoms with Gasteiger partial charge in [0.25, 0.3) is 11.8 Å². The Kier molecular flexibility index (Phi) is 7.41. The maximum Gasteiger partial charge on any atom is 0.256 e. The van der Waals surface area contributed by atoms with E-state index in [4.69, 9.17) is 4.74 Å². The van der Waals surface area contributed by atoms with Gasteiger partial charge in [0.1, 0.15) is 5.60 Å². The summed E-state index contributed by atoms with van der Waals surface area (Å²) < 4.78 is 5.53. The normalized spacial score (nSPS) is 16.5. The number of ether oxygens (including phenoxy) is 1. The number of benzene rings is 1. The molecule has 140 valence electrons. The lowest BCUT2D eigenvalue weighted by Crippen LogP contribution is -2.51. The van der Waals surface area contributed by atoms with Gasteiger partial charge in [-0.05, 0) is 64.9 Å². The van der Waals surface area contributed by atoms with Crippen molar-refractivity contribution in [3.8, 4) is 0 Å². The summed E-state index contributed by atoms with van der Waals surface area (Å²) in [7, 11) is 1.57. The van der Waals surface area contributed by atoms with Crippen molar-refractivity contribution >= 4 is 29.9 Å². The molecule has 7 heteroatoms. The predicted octanol–water partition coefficient (Wildman–Crippen LogP) is 2.34. The van der Waals surface area contributed by atoms with E-state index in [1.807, 2.05) is 20.8 Å². The molecular weight excluding hydrogens is 342 g/mol. The Balaban J connectivity index is 0.00000312. The molecule has 2 rings (SSSR count). The molecule has 0 aliphatic carbocycles. The van der Waals surface area contributed by atoms with Crippen molar-refractivity contribution in [2.45, 2.75) is 44.8 Å². The molecule has 0 saturated carbocycles. The summed E-state index contributed by atoms with van der Waals surface area (Å²) in [6.45, 7) is 7.27. The molecule has 0 atom stereocenters. The van der Waals surface area contributed by atoms with Crippen LogP contribution >= 0.6 is 12.4 Å². The van der Waals surface area contributed by atoms with Gasteiger partial charge in [-0.1, -0.05) is 6.07 Å². The molecule has 1 aromatic rings. The van der Waals surface area contributed by atoms with Gasteiger partial charge in [-0.25, -0.2) is 0 Å². The van der Waals surface area contributed by atoms with E-state index in [0.717, 1.165) is 13.1 Å². The zero-order valence-electron chi connectivity index (χ0n) is 15.3. The van der Waals surface area contributed by atoms with Gasteiger partial charge in [0.2, 0.25) is 0 Å². The van der Waals surface area contributed by atoms with Gasteiger partial charge < -0.3 is 20.7 Å². The highest BCUT2D eigenvalue weighted by molar-refractivity contribution is 6.00. The van der Waals surface area contributed by atoms with E-state index in [2.05, 4.69) is 16.0 Å². The zero-order valence-corrected chi connectivity index (χ0v) is 16.1. The Morgan fingerprint density at radius 1 is 1.20 bits per heavy atom. The minimum atomic E-state index is -0.811. The molecule has 0 unspecified atom stereocenters. The van der Waals surface area contributed by atoms with E-state index in [0.29, 0.717) is 24.1 Å². The Labute approximate surface area is 155 Å². The van der Waals surface area contributed by atoms with Crippen LogP contribution in [0.3, 0.4) is 0 Å². The van der Waals surface area contributed by atoms with E-state index >= 15 is 0 Å². The fourth-order valence-electron chi connectivity index (χ4n) is 2.75. The van der Waals surface area contributed by atoms with E-state index < -0.39 is 5.60 Å². The van der Waals surface area contributed by atoms with Crippen LogP contribution in [-0.2, 0) is 9.53 Å². The second-order valence-corrected chi connectivity index (χ2v) is 7.19. The van der Waals surface area contributed by atoms with Crippen LogP contribution in [0.1, 0.15) is 44.0 Å². The fourth-order valence-corrected chi connectivity index (χ4v) is 2.75. The van der Waals surface area contributed by atoms with Crippen molar-refractivity contribution in [2.24, 2.45) is 0 Å². The van der Waals surface area contributed by atoms with Crippen LogP contribution in [0.5, 0.6) is 0 Å². The van der Waals surface area contributed by atoms with Crippen LogP contribution in [0.25, 0.3) is 0 Å². The lowest BCUT2D eigenvalue weighted by Gasteiger charge is -2.34. The van der Waals surface area contributed by atoms with Crippen molar-refractivity contribution in [3.63, 3.8) is 0 Å². The van der Waals surface area contributed by atoms with Crippen molar-refractivity contribution in [2.75, 3.05) is 25.5 Å². The Hall–Kier alpha value is -1.63. The molecule has 1 heterocycles. The van der Waals surface area contributed by atoms with Crippen LogP contribution in [0.2, 0.25) is 0 Å². The maximum absolute atomic E-state index is 12.7. The first kappa shape index (κ1) is 21.4. The lowest BCUT2D eigenvalue weighted by molar-refractivity contribution is -0.140. The van der Waals surface area contributed by atoms with Gasteiger partial charge in [-0.3, -0.25) is 9.59 Å². The summed E-state index contributed by atoms with van der Waals surface area (Å²) >= 11 is 0. The van der Waals surface area contributed by atoms with Gasteiger partial charge in [0.15, 0.2) is 0 Å². The van der Waals surface area contributed by atoms with Crippen LogP contribution in [0, 0.1) is 0 Å². The largest absolute Gasteiger partial charge is 0.368 e. The second kappa shape index (κ2) is 8.65. The number of carbonyl (C=O) groups excluding carboxylic acids is 2. The number of anilines is 1. The quantitative estimate of drug-likeness (QED) is 0.761. The first-order valence-corrected chi connectivity index (χ1v) is 8.26. The SMILES string of the molecule is COC1(C(=O)Nc2cccc(C(=O)NC(C)(C)C)c2)CCNCC1.Cl. The Morgan fingerprint density at radius 2 is 1.84 bits per heavy atom. The van der Waals surface area contributed by atoms with Crippen LogP contribution in [-0.4, -0.2) is 43.2 Å². The van der Waals surface area contributed by atoms with Crippen LogP contribution in [0.15, 0.2) is 24.3 Å². The molecule has 6 nitrogen and oxygen atoms in total. The molecule has 0 spiro atoms. The van der Waals surface area contributed by atoms with E-state index in [1.165, 1.54) is 0 Å². The molecule has 1 aliphatic heterocycles. The molecule has 1 aromatic carbocycles. The molecule has 25 heavy (non-hydrogen) atoms. The van der Waals surface area contributed by atoms with Crippen molar-refractivity contribution in [1.29, 1.82) is 0 Å². The number of nitrogens with one attached hydrogen (secondary N) is 3. The average molecular weight is 370 g/mol. The zero-order chi connectivity index (χ0) is 17.8. The summed E-state index contributed by atoms with van der Waals surface area (Å²) in [6, 6.07) is 6.95. The summed E-state index contributed by atoms with van der Waals surface area (Å²) in [5, 5.41) is 9.03. The number of piperidine rings is 1. The van der Waals surface area contributed by atoms with Crippen molar-refractivity contribution < 1.29 is 14.3 Å².